The number of fused-ring (bicyclic) bond motifs is 1. The van der Waals surface area contributed by atoms with E-state index in [9.17, 15) is 8.78 Å². The molecule has 0 aliphatic heterocycles. The third kappa shape index (κ3) is 1.46. The molecule has 0 atom stereocenters. The summed E-state index contributed by atoms with van der Waals surface area (Å²) in [5.41, 5.74) is 0.167. The van der Waals surface area contributed by atoms with Gasteiger partial charge in [-0.15, -0.1) is 5.10 Å². The van der Waals surface area contributed by atoms with E-state index in [0.29, 0.717) is 9.09 Å². The minimum absolute atomic E-state index is 0.0914. The Hall–Kier alpha value is -0.500. The van der Waals surface area contributed by atoms with Crippen molar-refractivity contribution in [1.82, 2.24) is 14.3 Å². The van der Waals surface area contributed by atoms with Crippen LogP contribution in [0.1, 0.15) is 12.0 Å². The lowest BCUT2D eigenvalue weighted by Gasteiger charge is -1.99. The van der Waals surface area contributed by atoms with Crippen LogP contribution in [0.2, 0.25) is 0 Å². The maximum Gasteiger partial charge on any atom is 0.264 e. The molecule has 0 aromatic carbocycles. The van der Waals surface area contributed by atoms with E-state index < -0.39 is 6.43 Å². The van der Waals surface area contributed by atoms with Crippen molar-refractivity contribution in [3.63, 3.8) is 0 Å². The highest BCUT2D eigenvalue weighted by molar-refractivity contribution is 14.1. The van der Waals surface area contributed by atoms with E-state index in [2.05, 4.69) is 10.1 Å². The minimum Gasteiger partial charge on any atom is -0.236 e. The largest absolute Gasteiger partial charge is 0.264 e. The lowest BCUT2D eigenvalue weighted by atomic mass is 10.2. The SMILES string of the molecule is FC(F)c1ccnc2c1c(I)nn2Cl. The second-order valence-corrected chi connectivity index (χ2v) is 3.89. The standard InChI is InChI=1S/C7H3ClF2IN3/c8-14-7-4(6(11)13-14)3(5(9)10)1-2-12-7/h1-2,5H. The number of pyridine rings is 1. The Morgan fingerprint density at radius 2 is 2.21 bits per heavy atom. The first-order valence-corrected chi connectivity index (χ1v) is 5.00. The van der Waals surface area contributed by atoms with Gasteiger partial charge in [-0.05, 0) is 28.7 Å². The molecule has 0 aliphatic carbocycles. The van der Waals surface area contributed by atoms with Gasteiger partial charge >= 0.3 is 0 Å². The summed E-state index contributed by atoms with van der Waals surface area (Å²) < 4.78 is 26.6. The molecule has 3 nitrogen and oxygen atoms in total. The van der Waals surface area contributed by atoms with E-state index in [1.807, 2.05) is 22.6 Å². The minimum atomic E-state index is -2.55. The predicted octanol–water partition coefficient (Wildman–Crippen LogP) is 2.98. The van der Waals surface area contributed by atoms with Gasteiger partial charge in [-0.25, -0.2) is 13.8 Å². The van der Waals surface area contributed by atoms with Crippen LogP contribution in [0, 0.1) is 3.70 Å². The van der Waals surface area contributed by atoms with Gasteiger partial charge in [0.1, 0.15) is 3.70 Å². The van der Waals surface area contributed by atoms with Gasteiger partial charge in [0.05, 0.1) is 5.39 Å². The predicted molar refractivity (Wildman–Crippen MR) is 56.5 cm³/mol. The van der Waals surface area contributed by atoms with Crippen LogP contribution in [-0.4, -0.2) is 14.3 Å². The zero-order chi connectivity index (χ0) is 10.3. The second-order valence-electron chi connectivity index (χ2n) is 2.55. The molecule has 74 valence electrons. The average Bonchev–Trinajstić information content (AvgIpc) is 2.43. The van der Waals surface area contributed by atoms with Crippen LogP contribution in [-0.2, 0) is 0 Å². The van der Waals surface area contributed by atoms with Crippen molar-refractivity contribution in [3.05, 3.63) is 21.5 Å². The summed E-state index contributed by atoms with van der Waals surface area (Å²) in [6.07, 6.45) is -1.25. The summed E-state index contributed by atoms with van der Waals surface area (Å²) in [5.74, 6) is 0. The zero-order valence-corrected chi connectivity index (χ0v) is 9.50. The number of rotatable bonds is 1. The van der Waals surface area contributed by atoms with Crippen molar-refractivity contribution in [3.8, 4) is 0 Å². The normalized spacial score (nSPS) is 11.5. The van der Waals surface area contributed by atoms with Crippen molar-refractivity contribution in [2.75, 3.05) is 0 Å². The molecule has 7 heteroatoms. The Balaban J connectivity index is 2.85. The molecule has 0 saturated heterocycles. The lowest BCUT2D eigenvalue weighted by Crippen LogP contribution is -1.89. The summed E-state index contributed by atoms with van der Waals surface area (Å²) >= 11 is 7.50. The molecule has 0 amide bonds. The van der Waals surface area contributed by atoms with E-state index in [0.717, 1.165) is 4.20 Å². The molecule has 0 aliphatic rings. The van der Waals surface area contributed by atoms with Crippen molar-refractivity contribution in [1.29, 1.82) is 0 Å². The summed E-state index contributed by atoms with van der Waals surface area (Å²) in [4.78, 5) is 3.88. The first-order valence-electron chi connectivity index (χ1n) is 3.58. The maximum absolute atomic E-state index is 12.6. The molecule has 0 radical (unpaired) electrons. The Morgan fingerprint density at radius 3 is 2.86 bits per heavy atom. The van der Waals surface area contributed by atoms with Crippen LogP contribution in [0.5, 0.6) is 0 Å². The van der Waals surface area contributed by atoms with Gasteiger partial charge in [-0.2, -0.15) is 4.20 Å². The van der Waals surface area contributed by atoms with E-state index in [-0.39, 0.29) is 11.2 Å². The molecule has 0 bridgehead atoms. The fourth-order valence-electron chi connectivity index (χ4n) is 1.17. The monoisotopic (exact) mass is 329 g/mol. The average molecular weight is 329 g/mol. The molecule has 0 fully saturated rings. The quantitative estimate of drug-likeness (QED) is 0.753. The van der Waals surface area contributed by atoms with Gasteiger partial charge < -0.3 is 0 Å². The Bertz CT molecular complexity index is 485. The van der Waals surface area contributed by atoms with E-state index >= 15 is 0 Å². The first kappa shape index (κ1) is 10.0. The highest BCUT2D eigenvalue weighted by Crippen LogP contribution is 2.29. The number of alkyl halides is 2. The fraction of sp³-hybridized carbons (Fsp3) is 0.143. The summed E-state index contributed by atoms with van der Waals surface area (Å²) in [6, 6.07) is 1.27. The molecule has 0 unspecified atom stereocenters. The molecule has 2 heterocycles. The zero-order valence-electron chi connectivity index (χ0n) is 6.59. The molecule has 2 rings (SSSR count). The van der Waals surface area contributed by atoms with Crippen molar-refractivity contribution >= 4 is 45.4 Å². The number of hydrogen-bond acceptors (Lipinski definition) is 2. The van der Waals surface area contributed by atoms with Crippen LogP contribution in [0.25, 0.3) is 11.0 Å². The Kier molecular flexibility index (Phi) is 2.56. The van der Waals surface area contributed by atoms with Crippen molar-refractivity contribution in [2.45, 2.75) is 6.43 Å². The van der Waals surface area contributed by atoms with Crippen LogP contribution >= 0.6 is 34.4 Å². The van der Waals surface area contributed by atoms with Crippen molar-refractivity contribution < 1.29 is 8.78 Å². The van der Waals surface area contributed by atoms with Gasteiger partial charge in [-0.3, -0.25) is 0 Å². The van der Waals surface area contributed by atoms with E-state index in [1.54, 1.807) is 0 Å². The molecular weight excluding hydrogens is 326 g/mol. The Labute approximate surface area is 96.3 Å². The fourth-order valence-corrected chi connectivity index (χ4v) is 2.27. The number of aromatic nitrogens is 3. The van der Waals surface area contributed by atoms with Crippen molar-refractivity contribution in [2.24, 2.45) is 0 Å². The van der Waals surface area contributed by atoms with Gasteiger partial charge in [-0.1, -0.05) is 0 Å². The molecule has 14 heavy (non-hydrogen) atoms. The lowest BCUT2D eigenvalue weighted by molar-refractivity contribution is 0.153. The summed E-state index contributed by atoms with van der Waals surface area (Å²) in [7, 11) is 0. The highest BCUT2D eigenvalue weighted by Gasteiger charge is 2.18. The topological polar surface area (TPSA) is 30.7 Å². The molecule has 0 saturated carbocycles. The van der Waals surface area contributed by atoms with Crippen LogP contribution in [0.15, 0.2) is 12.3 Å². The van der Waals surface area contributed by atoms with Crippen LogP contribution < -0.4 is 0 Å². The molecule has 0 spiro atoms. The van der Waals surface area contributed by atoms with E-state index in [1.165, 1.54) is 12.3 Å². The van der Waals surface area contributed by atoms with Gasteiger partial charge in [0.2, 0.25) is 0 Å². The van der Waals surface area contributed by atoms with Gasteiger partial charge in [0, 0.05) is 23.5 Å². The first-order chi connectivity index (χ1) is 6.61. The smallest absolute Gasteiger partial charge is 0.236 e. The van der Waals surface area contributed by atoms with Gasteiger partial charge in [0.15, 0.2) is 5.65 Å². The number of halogens is 4. The maximum atomic E-state index is 12.6. The number of nitrogens with zero attached hydrogens (tertiary/aromatic N) is 3. The molecule has 2 aromatic rings. The Morgan fingerprint density at radius 1 is 1.50 bits per heavy atom. The molecule has 0 N–H and O–H groups in total. The third-order valence-electron chi connectivity index (χ3n) is 1.75. The van der Waals surface area contributed by atoms with E-state index in [4.69, 9.17) is 11.8 Å². The summed E-state index contributed by atoms with van der Waals surface area (Å²) in [5, 5.41) is 4.12. The van der Waals surface area contributed by atoms with Crippen LogP contribution in [0.3, 0.4) is 0 Å². The molecule has 2 aromatic heterocycles. The van der Waals surface area contributed by atoms with Gasteiger partial charge in [0.25, 0.3) is 6.43 Å². The van der Waals surface area contributed by atoms with Crippen LogP contribution in [0.4, 0.5) is 8.78 Å². The second kappa shape index (κ2) is 3.58. The number of hydrogen-bond donors (Lipinski definition) is 0. The molecular formula is C7H3ClF2IN3. The third-order valence-corrected chi connectivity index (χ3v) is 2.75. The summed E-state index contributed by atoms with van der Waals surface area (Å²) in [6.45, 7) is 0. The highest BCUT2D eigenvalue weighted by atomic mass is 127.